The maximum absolute atomic E-state index is 13.2. The van der Waals surface area contributed by atoms with Gasteiger partial charge in [-0.15, -0.1) is 16.8 Å². The molecule has 0 radical (unpaired) electrons. The quantitative estimate of drug-likeness (QED) is 0.194. The van der Waals surface area contributed by atoms with Crippen molar-refractivity contribution in [2.24, 2.45) is 0 Å². The molecule has 1 aliphatic heterocycles. The molecule has 2 heterocycles. The standard InChI is InChI=1S/C30H32N6OS/c1-2-17-36-29(25-13-15-26(31)16-14-25)32-33-30(36)38-22-27(37)34-18-20-35(21-19-34)28(23-9-5-3-6-10-23)24-11-7-4-8-12-24/h2-16,28H,1,17-22,31H2. The third-order valence-electron chi connectivity index (χ3n) is 6.78. The van der Waals surface area contributed by atoms with E-state index in [1.54, 1.807) is 0 Å². The molecule has 38 heavy (non-hydrogen) atoms. The zero-order valence-corrected chi connectivity index (χ0v) is 22.1. The fourth-order valence-corrected chi connectivity index (χ4v) is 5.72. The van der Waals surface area contributed by atoms with Crippen LogP contribution in [-0.2, 0) is 11.3 Å². The highest BCUT2D eigenvalue weighted by Gasteiger charge is 2.28. The number of aromatic nitrogens is 3. The third kappa shape index (κ3) is 5.82. The lowest BCUT2D eigenvalue weighted by Gasteiger charge is -2.39. The molecule has 0 aliphatic carbocycles. The molecule has 0 spiro atoms. The largest absolute Gasteiger partial charge is 0.399 e. The molecular formula is C30H32N6OS. The average Bonchev–Trinajstić information content (AvgIpc) is 3.36. The average molecular weight is 525 g/mol. The van der Waals surface area contributed by atoms with Crippen LogP contribution in [0.15, 0.2) is 103 Å². The number of allylic oxidation sites excluding steroid dienone is 1. The minimum atomic E-state index is 0.118. The number of nitrogen functional groups attached to an aromatic ring is 1. The van der Waals surface area contributed by atoms with E-state index in [4.69, 9.17) is 5.73 Å². The van der Waals surface area contributed by atoms with Gasteiger partial charge in [-0.2, -0.15) is 0 Å². The predicted molar refractivity (Wildman–Crippen MR) is 154 cm³/mol. The summed E-state index contributed by atoms with van der Waals surface area (Å²) < 4.78 is 1.98. The molecule has 1 fully saturated rings. The van der Waals surface area contributed by atoms with Crippen LogP contribution in [0.1, 0.15) is 17.2 Å². The Morgan fingerprint density at radius 1 is 0.895 bits per heavy atom. The van der Waals surface area contributed by atoms with Gasteiger partial charge in [0.2, 0.25) is 5.91 Å². The van der Waals surface area contributed by atoms with Crippen LogP contribution in [-0.4, -0.2) is 62.4 Å². The van der Waals surface area contributed by atoms with Gasteiger partial charge >= 0.3 is 0 Å². The minimum Gasteiger partial charge on any atom is -0.399 e. The predicted octanol–water partition coefficient (Wildman–Crippen LogP) is 4.74. The van der Waals surface area contributed by atoms with Crippen LogP contribution in [0.3, 0.4) is 0 Å². The fourth-order valence-electron chi connectivity index (χ4n) is 4.87. The number of piperazine rings is 1. The summed E-state index contributed by atoms with van der Waals surface area (Å²) in [6.45, 7) is 7.47. The van der Waals surface area contributed by atoms with Crippen LogP contribution in [0.5, 0.6) is 0 Å². The summed E-state index contributed by atoms with van der Waals surface area (Å²) in [6.07, 6.45) is 1.81. The molecule has 4 aromatic rings. The van der Waals surface area contributed by atoms with Gasteiger partial charge < -0.3 is 10.6 Å². The van der Waals surface area contributed by atoms with Crippen molar-refractivity contribution in [3.63, 3.8) is 0 Å². The number of rotatable bonds is 9. The van der Waals surface area contributed by atoms with Gasteiger partial charge in [-0.1, -0.05) is 78.5 Å². The van der Waals surface area contributed by atoms with E-state index in [9.17, 15) is 4.79 Å². The molecular weight excluding hydrogens is 492 g/mol. The van der Waals surface area contributed by atoms with Crippen LogP contribution in [0, 0.1) is 0 Å². The minimum absolute atomic E-state index is 0.118. The highest BCUT2D eigenvalue weighted by atomic mass is 32.2. The van der Waals surface area contributed by atoms with Crippen molar-refractivity contribution < 1.29 is 4.79 Å². The molecule has 5 rings (SSSR count). The second kappa shape index (κ2) is 12.1. The van der Waals surface area contributed by atoms with Gasteiger partial charge in [-0.05, 0) is 35.4 Å². The van der Waals surface area contributed by atoms with Crippen molar-refractivity contribution in [2.75, 3.05) is 37.7 Å². The topological polar surface area (TPSA) is 80.3 Å². The van der Waals surface area contributed by atoms with Gasteiger partial charge in [0.15, 0.2) is 11.0 Å². The number of carbonyl (C=O) groups is 1. The number of hydrogen-bond acceptors (Lipinski definition) is 6. The highest BCUT2D eigenvalue weighted by molar-refractivity contribution is 7.99. The summed E-state index contributed by atoms with van der Waals surface area (Å²) in [6, 6.07) is 28.9. The van der Waals surface area contributed by atoms with E-state index in [2.05, 4.69) is 70.2 Å². The summed E-state index contributed by atoms with van der Waals surface area (Å²) >= 11 is 1.42. The summed E-state index contributed by atoms with van der Waals surface area (Å²) in [4.78, 5) is 17.6. The lowest BCUT2D eigenvalue weighted by molar-refractivity contribution is -0.130. The second-order valence-corrected chi connectivity index (χ2v) is 10.2. The van der Waals surface area contributed by atoms with E-state index in [1.165, 1.54) is 22.9 Å². The van der Waals surface area contributed by atoms with Crippen LogP contribution < -0.4 is 5.73 Å². The van der Waals surface area contributed by atoms with Crippen molar-refractivity contribution in [3.05, 3.63) is 109 Å². The lowest BCUT2D eigenvalue weighted by atomic mass is 9.96. The van der Waals surface area contributed by atoms with Crippen molar-refractivity contribution >= 4 is 23.4 Å². The molecule has 2 N–H and O–H groups in total. The smallest absolute Gasteiger partial charge is 0.233 e. The number of thioether (sulfide) groups is 1. The molecule has 3 aromatic carbocycles. The molecule has 1 aromatic heterocycles. The van der Waals surface area contributed by atoms with Gasteiger partial charge in [0.25, 0.3) is 0 Å². The van der Waals surface area contributed by atoms with Gasteiger partial charge in [0.05, 0.1) is 11.8 Å². The number of benzene rings is 3. The van der Waals surface area contributed by atoms with Gasteiger partial charge in [0.1, 0.15) is 0 Å². The lowest BCUT2D eigenvalue weighted by Crippen LogP contribution is -2.50. The molecule has 1 amide bonds. The van der Waals surface area contributed by atoms with E-state index >= 15 is 0 Å². The normalized spacial score (nSPS) is 14.1. The Kier molecular flexibility index (Phi) is 8.21. The molecule has 8 heteroatoms. The number of nitrogens with zero attached hydrogens (tertiary/aromatic N) is 5. The first-order valence-corrected chi connectivity index (χ1v) is 13.8. The summed E-state index contributed by atoms with van der Waals surface area (Å²) in [5, 5.41) is 9.46. The van der Waals surface area contributed by atoms with Crippen LogP contribution in [0.2, 0.25) is 0 Å². The molecule has 1 aliphatic rings. The van der Waals surface area contributed by atoms with Gasteiger partial charge in [-0.25, -0.2) is 0 Å². The Morgan fingerprint density at radius 3 is 2.08 bits per heavy atom. The van der Waals surface area contributed by atoms with Crippen molar-refractivity contribution in [1.29, 1.82) is 0 Å². The fraction of sp³-hybridized carbons (Fsp3) is 0.233. The van der Waals surface area contributed by atoms with Crippen LogP contribution >= 0.6 is 11.8 Å². The first-order chi connectivity index (χ1) is 18.6. The third-order valence-corrected chi connectivity index (χ3v) is 7.74. The number of anilines is 1. The summed E-state index contributed by atoms with van der Waals surface area (Å²) in [5.74, 6) is 1.17. The van der Waals surface area contributed by atoms with Crippen LogP contribution in [0.25, 0.3) is 11.4 Å². The molecule has 1 saturated heterocycles. The first kappa shape index (κ1) is 25.8. The van der Waals surface area contributed by atoms with E-state index < -0.39 is 0 Å². The zero-order chi connectivity index (χ0) is 26.3. The van der Waals surface area contributed by atoms with Crippen molar-refractivity contribution in [2.45, 2.75) is 17.7 Å². The van der Waals surface area contributed by atoms with Crippen molar-refractivity contribution in [1.82, 2.24) is 24.6 Å². The first-order valence-electron chi connectivity index (χ1n) is 12.8. The molecule has 7 nitrogen and oxygen atoms in total. The van der Waals surface area contributed by atoms with Crippen molar-refractivity contribution in [3.8, 4) is 11.4 Å². The molecule has 0 bridgehead atoms. The van der Waals surface area contributed by atoms with Gasteiger partial charge in [-0.3, -0.25) is 14.3 Å². The summed E-state index contributed by atoms with van der Waals surface area (Å²) in [7, 11) is 0. The van der Waals surface area contributed by atoms with Crippen LogP contribution in [0.4, 0.5) is 5.69 Å². The van der Waals surface area contributed by atoms with E-state index in [1.807, 2.05) is 51.9 Å². The Hall–Kier alpha value is -3.88. The Labute approximate surface area is 228 Å². The molecule has 0 unspecified atom stereocenters. The molecule has 194 valence electrons. The maximum Gasteiger partial charge on any atom is 0.233 e. The number of nitrogens with two attached hydrogens (primary N) is 1. The molecule has 0 saturated carbocycles. The Balaban J connectivity index is 1.23. The zero-order valence-electron chi connectivity index (χ0n) is 21.3. The van der Waals surface area contributed by atoms with E-state index in [-0.39, 0.29) is 11.9 Å². The summed E-state index contributed by atoms with van der Waals surface area (Å²) in [5.41, 5.74) is 10.00. The second-order valence-electron chi connectivity index (χ2n) is 9.26. The Morgan fingerprint density at radius 2 is 1.50 bits per heavy atom. The van der Waals surface area contributed by atoms with E-state index in [0.29, 0.717) is 36.2 Å². The Bertz CT molecular complexity index is 1310. The SMILES string of the molecule is C=CCn1c(SCC(=O)N2CCN(C(c3ccccc3)c3ccccc3)CC2)nnc1-c1ccc(N)cc1. The van der Waals surface area contributed by atoms with Gasteiger partial charge in [0, 0.05) is 44.0 Å². The number of hydrogen-bond donors (Lipinski definition) is 1. The molecule has 0 atom stereocenters. The monoisotopic (exact) mass is 524 g/mol. The highest BCUT2D eigenvalue weighted by Crippen LogP contribution is 2.30. The number of amides is 1. The number of carbonyl (C=O) groups excluding carboxylic acids is 1. The van der Waals surface area contributed by atoms with E-state index in [0.717, 1.165) is 24.5 Å². The maximum atomic E-state index is 13.2.